The predicted molar refractivity (Wildman–Crippen MR) is 85.2 cm³/mol. The van der Waals surface area contributed by atoms with Crippen LogP contribution < -0.4 is 11.3 Å². The Morgan fingerprint density at radius 1 is 1.25 bits per heavy atom. The molecule has 2 rings (SSSR count). The second-order valence-corrected chi connectivity index (χ2v) is 6.70. The van der Waals surface area contributed by atoms with Gasteiger partial charge in [0.05, 0.1) is 17.3 Å². The molecule has 1 aromatic heterocycles. The maximum atomic E-state index is 5.74. The molecule has 0 saturated carbocycles. The van der Waals surface area contributed by atoms with Crippen LogP contribution in [0, 0.1) is 12.3 Å². The number of fused-ring (bicyclic) bond motifs is 1. The number of aryl methyl sites for hydroxylation is 1. The molecule has 3 N–H and O–H groups in total. The largest absolute Gasteiger partial charge is 0.271 e. The van der Waals surface area contributed by atoms with E-state index in [4.69, 9.17) is 10.8 Å². The third-order valence-corrected chi connectivity index (χ3v) is 3.68. The number of para-hydroxylation sites is 1. The van der Waals surface area contributed by atoms with E-state index in [0.29, 0.717) is 5.41 Å². The molecule has 0 saturated heterocycles. The second kappa shape index (κ2) is 5.90. The Bertz CT molecular complexity index is 584. The molecule has 1 unspecified atom stereocenters. The number of benzene rings is 1. The van der Waals surface area contributed by atoms with E-state index in [-0.39, 0.29) is 6.04 Å². The van der Waals surface area contributed by atoms with E-state index in [1.807, 2.05) is 6.07 Å². The zero-order valence-electron chi connectivity index (χ0n) is 12.9. The molecule has 0 aliphatic carbocycles. The van der Waals surface area contributed by atoms with Crippen LogP contribution in [-0.4, -0.2) is 4.98 Å². The van der Waals surface area contributed by atoms with Crippen molar-refractivity contribution >= 4 is 10.9 Å². The summed E-state index contributed by atoms with van der Waals surface area (Å²) in [7, 11) is 0. The fraction of sp³-hybridized carbons (Fsp3) is 0.471. The Morgan fingerprint density at radius 2 is 1.95 bits per heavy atom. The molecule has 0 amide bonds. The molecular weight excluding hydrogens is 246 g/mol. The molecule has 0 spiro atoms. The summed E-state index contributed by atoms with van der Waals surface area (Å²) in [5, 5.41) is 1.21. The van der Waals surface area contributed by atoms with Crippen molar-refractivity contribution in [1.82, 2.24) is 10.4 Å². The average molecular weight is 271 g/mol. The molecule has 1 aromatic carbocycles. The van der Waals surface area contributed by atoms with Crippen molar-refractivity contribution in [1.29, 1.82) is 0 Å². The Kier molecular flexibility index (Phi) is 4.41. The number of nitrogens with zero attached hydrogens (tertiary/aromatic N) is 1. The van der Waals surface area contributed by atoms with Gasteiger partial charge in [-0.15, -0.1) is 0 Å². The van der Waals surface area contributed by atoms with Crippen molar-refractivity contribution in [2.45, 2.75) is 46.6 Å². The summed E-state index contributed by atoms with van der Waals surface area (Å²) in [6.45, 7) is 8.88. The lowest BCUT2D eigenvalue weighted by Crippen LogP contribution is -2.29. The van der Waals surface area contributed by atoms with Crippen LogP contribution in [0.1, 0.15) is 50.9 Å². The molecule has 3 nitrogen and oxygen atoms in total. The summed E-state index contributed by atoms with van der Waals surface area (Å²) in [6.07, 6.45) is 2.10. The van der Waals surface area contributed by atoms with Crippen molar-refractivity contribution in [3.8, 4) is 0 Å². The summed E-state index contributed by atoms with van der Waals surface area (Å²) >= 11 is 0. The van der Waals surface area contributed by atoms with Gasteiger partial charge in [-0.05, 0) is 42.9 Å². The lowest BCUT2D eigenvalue weighted by Gasteiger charge is -2.23. The second-order valence-electron chi connectivity index (χ2n) is 6.70. The average Bonchev–Trinajstić information content (AvgIpc) is 2.38. The summed E-state index contributed by atoms with van der Waals surface area (Å²) in [5.41, 5.74) is 6.55. The number of pyridine rings is 1. The van der Waals surface area contributed by atoms with Crippen molar-refractivity contribution in [2.24, 2.45) is 11.3 Å². The first-order valence-electron chi connectivity index (χ1n) is 7.23. The van der Waals surface area contributed by atoms with E-state index < -0.39 is 0 Å². The van der Waals surface area contributed by atoms with Gasteiger partial charge in [-0.25, -0.2) is 0 Å². The quantitative estimate of drug-likeness (QED) is 0.655. The zero-order chi connectivity index (χ0) is 14.8. The highest BCUT2D eigenvalue weighted by Crippen LogP contribution is 2.28. The molecule has 2 aromatic rings. The van der Waals surface area contributed by atoms with Crippen LogP contribution in [0.15, 0.2) is 30.3 Å². The smallest absolute Gasteiger partial charge is 0.0708 e. The van der Waals surface area contributed by atoms with Crippen LogP contribution in [0.25, 0.3) is 10.9 Å². The van der Waals surface area contributed by atoms with Gasteiger partial charge < -0.3 is 0 Å². The van der Waals surface area contributed by atoms with Crippen LogP contribution in [0.5, 0.6) is 0 Å². The van der Waals surface area contributed by atoms with Crippen LogP contribution in [0.2, 0.25) is 0 Å². The fourth-order valence-corrected chi connectivity index (χ4v) is 2.45. The Balaban J connectivity index is 2.30. The maximum absolute atomic E-state index is 5.74. The van der Waals surface area contributed by atoms with Gasteiger partial charge in [0, 0.05) is 5.39 Å². The summed E-state index contributed by atoms with van der Waals surface area (Å²) in [6, 6.07) is 10.5. The number of hydrogen-bond acceptors (Lipinski definition) is 3. The van der Waals surface area contributed by atoms with E-state index in [0.717, 1.165) is 24.1 Å². The normalized spacial score (nSPS) is 13.7. The monoisotopic (exact) mass is 271 g/mol. The van der Waals surface area contributed by atoms with E-state index in [1.54, 1.807) is 0 Å². The van der Waals surface area contributed by atoms with Crippen molar-refractivity contribution in [3.63, 3.8) is 0 Å². The van der Waals surface area contributed by atoms with Crippen LogP contribution >= 0.6 is 0 Å². The van der Waals surface area contributed by atoms with Gasteiger partial charge in [0.25, 0.3) is 0 Å². The predicted octanol–water partition coefficient (Wildman–Crippen LogP) is 3.87. The number of rotatable bonds is 4. The number of hydrazine groups is 1. The molecule has 0 bridgehead atoms. The molecular formula is C17H25N3. The Morgan fingerprint density at radius 3 is 2.60 bits per heavy atom. The van der Waals surface area contributed by atoms with Crippen molar-refractivity contribution in [3.05, 3.63) is 41.6 Å². The van der Waals surface area contributed by atoms with Gasteiger partial charge in [0.2, 0.25) is 0 Å². The fourth-order valence-electron chi connectivity index (χ4n) is 2.45. The molecule has 0 aliphatic heterocycles. The van der Waals surface area contributed by atoms with Crippen LogP contribution in [0.3, 0.4) is 0 Å². The minimum Gasteiger partial charge on any atom is -0.271 e. The first-order chi connectivity index (χ1) is 9.40. The van der Waals surface area contributed by atoms with Crippen LogP contribution in [-0.2, 0) is 0 Å². The van der Waals surface area contributed by atoms with Gasteiger partial charge in [-0.3, -0.25) is 16.3 Å². The summed E-state index contributed by atoms with van der Waals surface area (Å²) in [4.78, 5) is 4.77. The van der Waals surface area contributed by atoms with Gasteiger partial charge in [0.1, 0.15) is 0 Å². The molecule has 0 aliphatic rings. The molecule has 1 heterocycles. The molecule has 0 radical (unpaired) electrons. The molecule has 1 atom stereocenters. The van der Waals surface area contributed by atoms with E-state index >= 15 is 0 Å². The minimum absolute atomic E-state index is 0.109. The van der Waals surface area contributed by atoms with E-state index in [2.05, 4.69) is 57.4 Å². The standard InChI is InChI=1S/C17H25N3/c1-12-11-16(15(20-18)9-10-17(2,3)4)19-14-8-6-5-7-13(12)14/h5-8,11,15,20H,9-10,18H2,1-4H3. The van der Waals surface area contributed by atoms with Gasteiger partial charge in [-0.2, -0.15) is 0 Å². The van der Waals surface area contributed by atoms with E-state index in [1.165, 1.54) is 10.9 Å². The van der Waals surface area contributed by atoms with E-state index in [9.17, 15) is 0 Å². The van der Waals surface area contributed by atoms with Crippen molar-refractivity contribution < 1.29 is 0 Å². The molecule has 0 fully saturated rings. The summed E-state index contributed by atoms with van der Waals surface area (Å²) < 4.78 is 0. The van der Waals surface area contributed by atoms with Gasteiger partial charge >= 0.3 is 0 Å². The first-order valence-corrected chi connectivity index (χ1v) is 7.23. The molecule has 20 heavy (non-hydrogen) atoms. The molecule has 108 valence electrons. The highest BCUT2D eigenvalue weighted by Gasteiger charge is 2.17. The maximum Gasteiger partial charge on any atom is 0.0708 e. The zero-order valence-corrected chi connectivity index (χ0v) is 12.9. The van der Waals surface area contributed by atoms with Crippen LogP contribution in [0.4, 0.5) is 0 Å². The van der Waals surface area contributed by atoms with Crippen molar-refractivity contribution in [2.75, 3.05) is 0 Å². The number of nitrogens with one attached hydrogen (secondary N) is 1. The molecule has 3 heteroatoms. The first kappa shape index (κ1) is 14.9. The lowest BCUT2D eigenvalue weighted by molar-refractivity contribution is 0.331. The minimum atomic E-state index is 0.109. The lowest BCUT2D eigenvalue weighted by atomic mass is 9.88. The Labute approximate surface area is 121 Å². The Hall–Kier alpha value is -1.45. The number of nitrogens with two attached hydrogens (primary N) is 1. The highest BCUT2D eigenvalue weighted by atomic mass is 15.2. The summed E-state index contributed by atoms with van der Waals surface area (Å²) in [5.74, 6) is 5.74. The van der Waals surface area contributed by atoms with Gasteiger partial charge in [0.15, 0.2) is 0 Å². The third kappa shape index (κ3) is 3.56. The number of aromatic nitrogens is 1. The highest BCUT2D eigenvalue weighted by molar-refractivity contribution is 5.82. The number of hydrogen-bond donors (Lipinski definition) is 2. The topological polar surface area (TPSA) is 50.9 Å². The third-order valence-electron chi connectivity index (χ3n) is 3.68. The van der Waals surface area contributed by atoms with Gasteiger partial charge in [-0.1, -0.05) is 39.0 Å². The SMILES string of the molecule is Cc1cc(C(CCC(C)(C)C)NN)nc2ccccc12.